The maximum Gasteiger partial charge on any atom is 0.237 e. The Bertz CT molecular complexity index is 476. The third-order valence-electron chi connectivity index (χ3n) is 4.59. The van der Waals surface area contributed by atoms with Gasteiger partial charge in [0.2, 0.25) is 5.91 Å². The van der Waals surface area contributed by atoms with Gasteiger partial charge in [-0.2, -0.15) is 0 Å². The van der Waals surface area contributed by atoms with Crippen LogP contribution in [0.1, 0.15) is 44.1 Å². The molecule has 3 nitrogen and oxygen atoms in total. The molecule has 1 amide bonds. The Morgan fingerprint density at radius 3 is 2.50 bits per heavy atom. The minimum Gasteiger partial charge on any atom is -0.345 e. The van der Waals surface area contributed by atoms with Crippen molar-refractivity contribution in [2.24, 2.45) is 0 Å². The van der Waals surface area contributed by atoms with Gasteiger partial charge < -0.3 is 10.6 Å². The van der Waals surface area contributed by atoms with E-state index in [2.05, 4.69) is 10.6 Å². The molecule has 108 valence electrons. The molecule has 4 heteroatoms. The number of hydrogen-bond acceptors (Lipinski definition) is 2. The van der Waals surface area contributed by atoms with Crippen LogP contribution in [0.5, 0.6) is 0 Å². The highest BCUT2D eigenvalue weighted by molar-refractivity contribution is 5.83. The normalized spacial score (nSPS) is 24.8. The van der Waals surface area contributed by atoms with Crippen molar-refractivity contribution in [2.75, 3.05) is 6.54 Å². The lowest BCUT2D eigenvalue weighted by Crippen LogP contribution is -2.56. The van der Waals surface area contributed by atoms with Crippen LogP contribution in [0.15, 0.2) is 24.3 Å². The average molecular weight is 276 g/mol. The molecule has 1 aliphatic heterocycles. The first kappa shape index (κ1) is 13.6. The lowest BCUT2D eigenvalue weighted by Gasteiger charge is -2.44. The zero-order valence-electron chi connectivity index (χ0n) is 11.6. The molecule has 1 aliphatic carbocycles. The Kier molecular flexibility index (Phi) is 3.74. The molecule has 1 unspecified atom stereocenters. The summed E-state index contributed by atoms with van der Waals surface area (Å²) < 4.78 is 13.1. The molecule has 1 atom stereocenters. The van der Waals surface area contributed by atoms with Gasteiger partial charge in [-0.15, -0.1) is 0 Å². The molecule has 1 heterocycles. The summed E-state index contributed by atoms with van der Waals surface area (Å²) >= 11 is 0. The Morgan fingerprint density at radius 1 is 1.20 bits per heavy atom. The van der Waals surface area contributed by atoms with Crippen LogP contribution in [0.4, 0.5) is 4.39 Å². The van der Waals surface area contributed by atoms with Gasteiger partial charge in [0.05, 0.1) is 11.6 Å². The lowest BCUT2D eigenvalue weighted by atomic mass is 9.71. The van der Waals surface area contributed by atoms with E-state index < -0.39 is 0 Å². The van der Waals surface area contributed by atoms with E-state index in [4.69, 9.17) is 0 Å². The van der Waals surface area contributed by atoms with E-state index in [1.807, 2.05) is 0 Å². The Labute approximate surface area is 118 Å². The molecule has 1 aromatic rings. The number of piperidine rings is 1. The molecule has 0 aromatic heterocycles. The second kappa shape index (κ2) is 5.52. The smallest absolute Gasteiger partial charge is 0.237 e. The molecule has 3 rings (SSSR count). The predicted molar refractivity (Wildman–Crippen MR) is 75.7 cm³/mol. The van der Waals surface area contributed by atoms with E-state index in [-0.39, 0.29) is 23.3 Å². The molecule has 0 bridgehead atoms. The standard InChI is InChI=1S/C16H21FN2O/c17-13-7-5-12(6-8-13)16(9-3-10-16)19-15(20)14-4-1-2-11-18-14/h5-8,14,18H,1-4,9-11H2,(H,19,20). The number of rotatable bonds is 3. The maximum absolute atomic E-state index is 13.1. The summed E-state index contributed by atoms with van der Waals surface area (Å²) in [6, 6.07) is 6.47. The fourth-order valence-corrected chi connectivity index (χ4v) is 3.18. The zero-order valence-corrected chi connectivity index (χ0v) is 11.6. The van der Waals surface area contributed by atoms with Gasteiger partial charge in [-0.05, 0) is 56.3 Å². The maximum atomic E-state index is 13.1. The van der Waals surface area contributed by atoms with Gasteiger partial charge in [0, 0.05) is 0 Å². The topological polar surface area (TPSA) is 41.1 Å². The molecule has 1 saturated heterocycles. The molecule has 1 aromatic carbocycles. The van der Waals surface area contributed by atoms with Crippen molar-refractivity contribution in [1.29, 1.82) is 0 Å². The number of carbonyl (C=O) groups is 1. The first-order valence-corrected chi connectivity index (χ1v) is 7.51. The van der Waals surface area contributed by atoms with Crippen LogP contribution in [0.3, 0.4) is 0 Å². The van der Waals surface area contributed by atoms with Crippen LogP contribution < -0.4 is 10.6 Å². The summed E-state index contributed by atoms with van der Waals surface area (Å²) in [6.45, 7) is 0.918. The molecule has 0 spiro atoms. The molecular weight excluding hydrogens is 255 g/mol. The molecular formula is C16H21FN2O. The summed E-state index contributed by atoms with van der Waals surface area (Å²) in [5.74, 6) is -0.141. The summed E-state index contributed by atoms with van der Waals surface area (Å²) in [7, 11) is 0. The summed E-state index contributed by atoms with van der Waals surface area (Å²) in [4.78, 5) is 12.4. The number of carbonyl (C=O) groups excluding carboxylic acids is 1. The van der Waals surface area contributed by atoms with Gasteiger partial charge in [-0.1, -0.05) is 18.6 Å². The SMILES string of the molecule is O=C(NC1(c2ccc(F)cc2)CCC1)C1CCCCN1. The van der Waals surface area contributed by atoms with Crippen LogP contribution in [0.2, 0.25) is 0 Å². The van der Waals surface area contributed by atoms with Crippen molar-refractivity contribution in [3.8, 4) is 0 Å². The largest absolute Gasteiger partial charge is 0.345 e. The second-order valence-electron chi connectivity index (χ2n) is 5.93. The fourth-order valence-electron chi connectivity index (χ4n) is 3.18. The number of nitrogens with one attached hydrogen (secondary N) is 2. The van der Waals surface area contributed by atoms with Crippen molar-refractivity contribution in [1.82, 2.24) is 10.6 Å². The van der Waals surface area contributed by atoms with Crippen LogP contribution in [-0.4, -0.2) is 18.5 Å². The molecule has 20 heavy (non-hydrogen) atoms. The van der Waals surface area contributed by atoms with E-state index in [0.717, 1.165) is 50.6 Å². The summed E-state index contributed by atoms with van der Waals surface area (Å²) in [6.07, 6.45) is 6.15. The predicted octanol–water partition coefficient (Wildman–Crippen LogP) is 2.46. The summed E-state index contributed by atoms with van der Waals surface area (Å²) in [5, 5.41) is 6.49. The Balaban J connectivity index is 1.72. The van der Waals surface area contributed by atoms with Gasteiger partial charge >= 0.3 is 0 Å². The fraction of sp³-hybridized carbons (Fsp3) is 0.562. The number of benzene rings is 1. The Hall–Kier alpha value is -1.42. The molecule has 0 radical (unpaired) electrons. The Morgan fingerprint density at radius 2 is 1.95 bits per heavy atom. The summed E-state index contributed by atoms with van der Waals surface area (Å²) in [5.41, 5.74) is 0.749. The first-order valence-electron chi connectivity index (χ1n) is 7.51. The van der Waals surface area contributed by atoms with Crippen LogP contribution in [-0.2, 0) is 10.3 Å². The third kappa shape index (κ3) is 2.57. The van der Waals surface area contributed by atoms with Crippen LogP contribution in [0.25, 0.3) is 0 Å². The van der Waals surface area contributed by atoms with Crippen LogP contribution in [0, 0.1) is 5.82 Å². The van der Waals surface area contributed by atoms with E-state index in [1.165, 1.54) is 12.1 Å². The molecule has 2 fully saturated rings. The van der Waals surface area contributed by atoms with Gasteiger partial charge in [-0.25, -0.2) is 4.39 Å². The van der Waals surface area contributed by atoms with Crippen molar-refractivity contribution < 1.29 is 9.18 Å². The van der Waals surface area contributed by atoms with Gasteiger partial charge in [0.1, 0.15) is 5.82 Å². The van der Waals surface area contributed by atoms with Crippen molar-refractivity contribution in [3.05, 3.63) is 35.6 Å². The van der Waals surface area contributed by atoms with E-state index >= 15 is 0 Å². The number of hydrogen-bond donors (Lipinski definition) is 2. The quantitative estimate of drug-likeness (QED) is 0.890. The van der Waals surface area contributed by atoms with Crippen molar-refractivity contribution in [2.45, 2.75) is 50.1 Å². The lowest BCUT2D eigenvalue weighted by molar-refractivity contribution is -0.127. The van der Waals surface area contributed by atoms with Crippen molar-refractivity contribution >= 4 is 5.91 Å². The average Bonchev–Trinajstić information content (AvgIpc) is 2.45. The highest BCUT2D eigenvalue weighted by Crippen LogP contribution is 2.41. The number of halogens is 1. The third-order valence-corrected chi connectivity index (χ3v) is 4.59. The molecule has 2 N–H and O–H groups in total. The minimum atomic E-state index is -0.274. The van der Waals surface area contributed by atoms with E-state index in [0.29, 0.717) is 0 Å². The number of amides is 1. The van der Waals surface area contributed by atoms with Crippen molar-refractivity contribution in [3.63, 3.8) is 0 Å². The molecule has 2 aliphatic rings. The highest BCUT2D eigenvalue weighted by atomic mass is 19.1. The minimum absolute atomic E-state index is 0.0679. The first-order chi connectivity index (χ1) is 9.70. The van der Waals surface area contributed by atoms with Crippen LogP contribution >= 0.6 is 0 Å². The van der Waals surface area contributed by atoms with Gasteiger partial charge in [-0.3, -0.25) is 4.79 Å². The van der Waals surface area contributed by atoms with Gasteiger partial charge in [0.15, 0.2) is 0 Å². The zero-order chi connectivity index (χ0) is 14.0. The second-order valence-corrected chi connectivity index (χ2v) is 5.93. The monoisotopic (exact) mass is 276 g/mol. The van der Waals surface area contributed by atoms with E-state index in [9.17, 15) is 9.18 Å². The van der Waals surface area contributed by atoms with Gasteiger partial charge in [0.25, 0.3) is 0 Å². The highest BCUT2D eigenvalue weighted by Gasteiger charge is 2.41. The molecule has 1 saturated carbocycles. The van der Waals surface area contributed by atoms with E-state index in [1.54, 1.807) is 12.1 Å².